The Bertz CT molecular complexity index is 976. The molecule has 1 amide bonds. The van der Waals surface area contributed by atoms with Crippen LogP contribution in [0.5, 0.6) is 0 Å². The Labute approximate surface area is 167 Å². The van der Waals surface area contributed by atoms with E-state index in [-0.39, 0.29) is 22.8 Å². The molecule has 0 saturated heterocycles. The third-order valence-corrected chi connectivity index (χ3v) is 5.28. The lowest BCUT2D eigenvalue weighted by Gasteiger charge is -2.41. The predicted molar refractivity (Wildman–Crippen MR) is 106 cm³/mol. The van der Waals surface area contributed by atoms with Crippen LogP contribution in [0.2, 0.25) is 0 Å². The van der Waals surface area contributed by atoms with Crippen molar-refractivity contribution in [1.82, 2.24) is 25.5 Å². The second-order valence-corrected chi connectivity index (χ2v) is 7.16. The van der Waals surface area contributed by atoms with Gasteiger partial charge in [0.1, 0.15) is 11.6 Å². The Kier molecular flexibility index (Phi) is 5.41. The van der Waals surface area contributed by atoms with E-state index in [2.05, 4.69) is 30.8 Å². The maximum atomic E-state index is 14.2. The van der Waals surface area contributed by atoms with E-state index in [4.69, 9.17) is 0 Å². The summed E-state index contributed by atoms with van der Waals surface area (Å²) < 4.78 is 14.2. The molecular weight excluding hydrogens is 371 g/mol. The number of aromatic nitrogens is 4. The Morgan fingerprint density at radius 3 is 2.55 bits per heavy atom. The van der Waals surface area contributed by atoms with Gasteiger partial charge in [0.05, 0.1) is 5.69 Å². The fourth-order valence-electron chi connectivity index (χ4n) is 3.46. The van der Waals surface area contributed by atoms with Gasteiger partial charge in [0, 0.05) is 37.1 Å². The highest BCUT2D eigenvalue weighted by Crippen LogP contribution is 2.43. The summed E-state index contributed by atoms with van der Waals surface area (Å²) in [5.74, 6) is -0.0357. The number of rotatable bonds is 7. The molecular formula is C21H21FN6O. The van der Waals surface area contributed by atoms with E-state index in [1.807, 2.05) is 12.1 Å². The molecule has 3 aromatic heterocycles. The summed E-state index contributed by atoms with van der Waals surface area (Å²) in [7, 11) is 0. The number of carbonyl (C=O) groups is 1. The molecule has 0 radical (unpaired) electrons. The molecule has 8 heteroatoms. The van der Waals surface area contributed by atoms with E-state index >= 15 is 0 Å². The van der Waals surface area contributed by atoms with Crippen LogP contribution in [0, 0.1) is 5.82 Å². The zero-order valence-corrected chi connectivity index (χ0v) is 15.8. The van der Waals surface area contributed by atoms with E-state index in [9.17, 15) is 9.18 Å². The van der Waals surface area contributed by atoms with Crippen molar-refractivity contribution in [2.45, 2.75) is 31.2 Å². The van der Waals surface area contributed by atoms with E-state index in [0.29, 0.717) is 24.6 Å². The lowest BCUT2D eigenvalue weighted by molar-refractivity contribution is 0.0945. The van der Waals surface area contributed by atoms with E-state index in [1.165, 1.54) is 6.07 Å². The first-order valence-electron chi connectivity index (χ1n) is 9.52. The normalized spacial score (nSPS) is 14.7. The summed E-state index contributed by atoms with van der Waals surface area (Å²) in [6.45, 7) is 0.907. The quantitative estimate of drug-likeness (QED) is 0.642. The molecule has 1 saturated carbocycles. The van der Waals surface area contributed by atoms with Gasteiger partial charge in [0.2, 0.25) is 0 Å². The number of halogens is 1. The minimum Gasteiger partial charge on any atom is -0.368 e. The molecule has 0 aliphatic heterocycles. The van der Waals surface area contributed by atoms with Gasteiger partial charge in [-0.05, 0) is 54.8 Å². The number of nitrogens with one attached hydrogen (secondary N) is 2. The highest BCUT2D eigenvalue weighted by Gasteiger charge is 2.41. The van der Waals surface area contributed by atoms with Crippen molar-refractivity contribution in [2.24, 2.45) is 0 Å². The van der Waals surface area contributed by atoms with Gasteiger partial charge in [0.15, 0.2) is 5.69 Å². The van der Waals surface area contributed by atoms with Crippen LogP contribution >= 0.6 is 0 Å². The van der Waals surface area contributed by atoms with E-state index in [0.717, 1.165) is 24.8 Å². The van der Waals surface area contributed by atoms with Crippen molar-refractivity contribution >= 4 is 11.7 Å². The second-order valence-electron chi connectivity index (χ2n) is 7.16. The summed E-state index contributed by atoms with van der Waals surface area (Å²) in [6, 6.07) is 10.0. The summed E-state index contributed by atoms with van der Waals surface area (Å²) in [5, 5.41) is 14.1. The number of nitrogens with zero attached hydrogens (tertiary/aromatic N) is 4. The number of hydrogen-bond acceptors (Lipinski definition) is 6. The zero-order chi connectivity index (χ0) is 20.1. The van der Waals surface area contributed by atoms with E-state index in [1.54, 1.807) is 36.8 Å². The van der Waals surface area contributed by atoms with Crippen LogP contribution in [-0.2, 0) is 12.0 Å². The van der Waals surface area contributed by atoms with Crippen LogP contribution in [0.25, 0.3) is 0 Å². The van der Waals surface area contributed by atoms with Gasteiger partial charge in [-0.1, -0.05) is 6.42 Å². The average Bonchev–Trinajstić information content (AvgIpc) is 2.73. The van der Waals surface area contributed by atoms with Crippen molar-refractivity contribution < 1.29 is 9.18 Å². The van der Waals surface area contributed by atoms with Crippen LogP contribution < -0.4 is 10.6 Å². The van der Waals surface area contributed by atoms with Gasteiger partial charge in [-0.25, -0.2) is 4.39 Å². The van der Waals surface area contributed by atoms with Crippen molar-refractivity contribution in [3.05, 3.63) is 77.8 Å². The van der Waals surface area contributed by atoms with Crippen LogP contribution in [0.1, 0.15) is 41.0 Å². The molecule has 148 valence electrons. The Hall–Kier alpha value is -3.42. The molecule has 1 fully saturated rings. The van der Waals surface area contributed by atoms with Gasteiger partial charge in [-0.3, -0.25) is 14.8 Å². The maximum Gasteiger partial charge on any atom is 0.272 e. The largest absolute Gasteiger partial charge is 0.368 e. The molecule has 1 aliphatic carbocycles. The standard InChI is InChI=1S/C21H21FN6O/c22-16-3-1-10-24-19(16)21(8-2-9-21)14-26-18-5-4-17(27-28-18)20(29)25-13-15-6-11-23-12-7-15/h1,3-7,10-12H,2,8-9,13-14H2,(H,25,29)(H,26,28). The molecule has 0 atom stereocenters. The molecule has 0 unspecified atom stereocenters. The fourth-order valence-corrected chi connectivity index (χ4v) is 3.46. The molecule has 2 N–H and O–H groups in total. The molecule has 0 spiro atoms. The summed E-state index contributed by atoms with van der Waals surface area (Å²) in [6.07, 6.45) is 7.76. The van der Waals surface area contributed by atoms with Gasteiger partial charge in [0.25, 0.3) is 5.91 Å². The maximum absolute atomic E-state index is 14.2. The number of hydrogen-bond donors (Lipinski definition) is 2. The van der Waals surface area contributed by atoms with E-state index < -0.39 is 0 Å². The van der Waals surface area contributed by atoms with Crippen LogP contribution in [0.4, 0.5) is 10.2 Å². The second kappa shape index (κ2) is 8.30. The molecule has 0 bridgehead atoms. The van der Waals surface area contributed by atoms with Crippen LogP contribution in [0.15, 0.2) is 55.0 Å². The van der Waals surface area contributed by atoms with Crippen LogP contribution in [-0.4, -0.2) is 32.6 Å². The monoisotopic (exact) mass is 392 g/mol. The molecule has 7 nitrogen and oxygen atoms in total. The smallest absolute Gasteiger partial charge is 0.272 e. The first-order chi connectivity index (χ1) is 14.2. The Morgan fingerprint density at radius 2 is 1.90 bits per heavy atom. The van der Waals surface area contributed by atoms with Crippen molar-refractivity contribution in [2.75, 3.05) is 11.9 Å². The molecule has 3 heterocycles. The number of amides is 1. The van der Waals surface area contributed by atoms with Crippen molar-refractivity contribution in [3.8, 4) is 0 Å². The first kappa shape index (κ1) is 18.9. The summed E-state index contributed by atoms with van der Waals surface area (Å²) >= 11 is 0. The van der Waals surface area contributed by atoms with Gasteiger partial charge in [-0.15, -0.1) is 10.2 Å². The van der Waals surface area contributed by atoms with Crippen molar-refractivity contribution in [1.29, 1.82) is 0 Å². The predicted octanol–water partition coefficient (Wildman–Crippen LogP) is 2.87. The third-order valence-electron chi connectivity index (χ3n) is 5.28. The number of carbonyl (C=O) groups excluding carboxylic acids is 1. The van der Waals surface area contributed by atoms with Crippen molar-refractivity contribution in [3.63, 3.8) is 0 Å². The Balaban J connectivity index is 1.36. The van der Waals surface area contributed by atoms with Crippen LogP contribution in [0.3, 0.4) is 0 Å². The van der Waals surface area contributed by atoms with Gasteiger partial charge >= 0.3 is 0 Å². The highest BCUT2D eigenvalue weighted by atomic mass is 19.1. The minimum atomic E-state index is -0.326. The molecule has 29 heavy (non-hydrogen) atoms. The lowest BCUT2D eigenvalue weighted by Crippen LogP contribution is -2.42. The highest BCUT2D eigenvalue weighted by molar-refractivity contribution is 5.92. The van der Waals surface area contributed by atoms with Gasteiger partial charge < -0.3 is 10.6 Å². The minimum absolute atomic E-state index is 0.235. The number of anilines is 1. The SMILES string of the molecule is O=C(NCc1ccncc1)c1ccc(NCC2(c3ncccc3F)CCC2)nn1. The molecule has 0 aromatic carbocycles. The topological polar surface area (TPSA) is 92.7 Å². The first-order valence-corrected chi connectivity index (χ1v) is 9.52. The average molecular weight is 392 g/mol. The molecule has 3 aromatic rings. The zero-order valence-electron chi connectivity index (χ0n) is 15.8. The summed E-state index contributed by atoms with van der Waals surface area (Å²) in [4.78, 5) is 20.4. The molecule has 4 rings (SSSR count). The third kappa shape index (κ3) is 4.21. The molecule has 1 aliphatic rings. The lowest BCUT2D eigenvalue weighted by atomic mass is 9.66. The number of pyridine rings is 2. The summed E-state index contributed by atoms with van der Waals surface area (Å²) in [5.41, 5.74) is 1.36. The Morgan fingerprint density at radius 1 is 1.07 bits per heavy atom. The fraction of sp³-hybridized carbons (Fsp3) is 0.286. The van der Waals surface area contributed by atoms with Gasteiger partial charge in [-0.2, -0.15) is 0 Å².